The van der Waals surface area contributed by atoms with Gasteiger partial charge in [-0.3, -0.25) is 4.79 Å². The van der Waals surface area contributed by atoms with Crippen LogP contribution in [-0.4, -0.2) is 56.8 Å². The van der Waals surface area contributed by atoms with Crippen LogP contribution in [0.1, 0.15) is 16.1 Å². The summed E-state index contributed by atoms with van der Waals surface area (Å²) in [5.41, 5.74) is 1.93. The van der Waals surface area contributed by atoms with Crippen LogP contribution in [0.3, 0.4) is 0 Å². The Kier molecular flexibility index (Phi) is 5.16. The summed E-state index contributed by atoms with van der Waals surface area (Å²) in [6.45, 7) is 4.21. The van der Waals surface area contributed by atoms with Gasteiger partial charge in [-0.05, 0) is 44.3 Å². The molecule has 0 saturated carbocycles. The van der Waals surface area contributed by atoms with E-state index in [1.807, 2.05) is 38.2 Å². The van der Waals surface area contributed by atoms with E-state index in [1.54, 1.807) is 12.1 Å². The SMILES string of the molecule is Cc1c(C(=O)Nc2ccc(S(=O)(=O)N3CCN(C)CC3)cc2)oc2ccccc12. The molecule has 1 amide bonds. The van der Waals surface area contributed by atoms with Gasteiger partial charge in [0.25, 0.3) is 5.91 Å². The Morgan fingerprint density at radius 2 is 1.66 bits per heavy atom. The van der Waals surface area contributed by atoms with Gasteiger partial charge in [-0.1, -0.05) is 18.2 Å². The first-order valence-electron chi connectivity index (χ1n) is 9.44. The molecule has 1 aliphatic heterocycles. The number of nitrogens with zero attached hydrogens (tertiary/aromatic N) is 2. The largest absolute Gasteiger partial charge is 0.451 e. The number of rotatable bonds is 4. The number of amides is 1. The average Bonchev–Trinajstić information content (AvgIpc) is 3.06. The van der Waals surface area contributed by atoms with Gasteiger partial charge in [-0.15, -0.1) is 0 Å². The van der Waals surface area contributed by atoms with E-state index in [0.717, 1.165) is 10.9 Å². The number of benzene rings is 2. The van der Waals surface area contributed by atoms with Gasteiger partial charge in [0, 0.05) is 42.8 Å². The highest BCUT2D eigenvalue weighted by molar-refractivity contribution is 7.89. The maximum absolute atomic E-state index is 12.8. The van der Waals surface area contributed by atoms with E-state index in [1.165, 1.54) is 16.4 Å². The van der Waals surface area contributed by atoms with Crippen LogP contribution in [0.2, 0.25) is 0 Å². The van der Waals surface area contributed by atoms with Crippen molar-refractivity contribution in [2.45, 2.75) is 11.8 Å². The third-order valence-electron chi connectivity index (χ3n) is 5.26. The molecule has 1 aromatic heterocycles. The summed E-state index contributed by atoms with van der Waals surface area (Å²) < 4.78 is 32.8. The fourth-order valence-corrected chi connectivity index (χ4v) is 4.89. The van der Waals surface area contributed by atoms with Crippen molar-refractivity contribution in [1.29, 1.82) is 0 Å². The summed E-state index contributed by atoms with van der Waals surface area (Å²) in [7, 11) is -1.55. The van der Waals surface area contributed by atoms with E-state index < -0.39 is 10.0 Å². The number of sulfonamides is 1. The van der Waals surface area contributed by atoms with Crippen LogP contribution in [-0.2, 0) is 10.0 Å². The Balaban J connectivity index is 1.50. The van der Waals surface area contributed by atoms with E-state index in [0.29, 0.717) is 37.4 Å². The molecule has 0 atom stereocenters. The molecule has 1 saturated heterocycles. The summed E-state index contributed by atoms with van der Waals surface area (Å²) in [5, 5.41) is 3.67. The summed E-state index contributed by atoms with van der Waals surface area (Å²) in [5.74, 6) is -0.117. The molecule has 1 aliphatic rings. The van der Waals surface area contributed by atoms with Crippen molar-refractivity contribution in [2.75, 3.05) is 38.5 Å². The number of likely N-dealkylation sites (N-methyl/N-ethyl adjacent to an activating group) is 1. The first-order valence-corrected chi connectivity index (χ1v) is 10.9. The van der Waals surface area contributed by atoms with Crippen molar-refractivity contribution < 1.29 is 17.6 Å². The second kappa shape index (κ2) is 7.62. The lowest BCUT2D eigenvalue weighted by Crippen LogP contribution is -2.46. The maximum atomic E-state index is 12.8. The third kappa shape index (κ3) is 3.78. The van der Waals surface area contributed by atoms with Gasteiger partial charge in [0.15, 0.2) is 5.76 Å². The number of furan rings is 1. The highest BCUT2D eigenvalue weighted by Gasteiger charge is 2.27. The molecule has 152 valence electrons. The Labute approximate surface area is 170 Å². The van der Waals surface area contributed by atoms with Crippen molar-refractivity contribution in [2.24, 2.45) is 0 Å². The first kappa shape index (κ1) is 19.6. The van der Waals surface area contributed by atoms with Gasteiger partial charge in [-0.2, -0.15) is 4.31 Å². The highest BCUT2D eigenvalue weighted by Crippen LogP contribution is 2.26. The lowest BCUT2D eigenvalue weighted by Gasteiger charge is -2.31. The lowest BCUT2D eigenvalue weighted by atomic mass is 10.1. The molecule has 0 aliphatic carbocycles. The second-order valence-electron chi connectivity index (χ2n) is 7.24. The lowest BCUT2D eigenvalue weighted by molar-refractivity contribution is 0.0998. The van der Waals surface area contributed by atoms with Crippen molar-refractivity contribution in [1.82, 2.24) is 9.21 Å². The summed E-state index contributed by atoms with van der Waals surface area (Å²) in [4.78, 5) is 15.0. The minimum Gasteiger partial charge on any atom is -0.451 e. The average molecular weight is 413 g/mol. The topological polar surface area (TPSA) is 82.9 Å². The number of nitrogens with one attached hydrogen (secondary N) is 1. The number of carbonyl (C=O) groups excluding carboxylic acids is 1. The Hall–Kier alpha value is -2.68. The van der Waals surface area contributed by atoms with Crippen molar-refractivity contribution in [3.05, 3.63) is 59.9 Å². The quantitative estimate of drug-likeness (QED) is 0.711. The minimum absolute atomic E-state index is 0.222. The molecule has 7 nitrogen and oxygen atoms in total. The second-order valence-corrected chi connectivity index (χ2v) is 9.18. The molecule has 0 unspecified atom stereocenters. The molecule has 1 fully saturated rings. The Morgan fingerprint density at radius 3 is 2.31 bits per heavy atom. The Bertz CT molecular complexity index is 1140. The predicted octanol–water partition coefficient (Wildman–Crippen LogP) is 2.93. The summed E-state index contributed by atoms with van der Waals surface area (Å²) in [6.07, 6.45) is 0. The zero-order valence-corrected chi connectivity index (χ0v) is 17.2. The number of fused-ring (bicyclic) bond motifs is 1. The van der Waals surface area contributed by atoms with Crippen LogP contribution >= 0.6 is 0 Å². The predicted molar refractivity (Wildman–Crippen MR) is 112 cm³/mol. The number of aryl methyl sites for hydroxylation is 1. The smallest absolute Gasteiger partial charge is 0.291 e. The molecule has 0 spiro atoms. The summed E-state index contributed by atoms with van der Waals surface area (Å²) >= 11 is 0. The van der Waals surface area contributed by atoms with Crippen molar-refractivity contribution in [3.63, 3.8) is 0 Å². The molecular weight excluding hydrogens is 390 g/mol. The van der Waals surface area contributed by atoms with Crippen LogP contribution in [0.25, 0.3) is 11.0 Å². The minimum atomic E-state index is -3.53. The van der Waals surface area contributed by atoms with E-state index in [4.69, 9.17) is 4.42 Å². The number of anilines is 1. The fraction of sp³-hybridized carbons (Fsp3) is 0.286. The molecule has 8 heteroatoms. The van der Waals surface area contributed by atoms with E-state index >= 15 is 0 Å². The van der Waals surface area contributed by atoms with Crippen LogP contribution in [0.5, 0.6) is 0 Å². The molecule has 0 bridgehead atoms. The standard InChI is InChI=1S/C21H23N3O4S/c1-15-18-5-3-4-6-19(18)28-20(15)21(25)22-16-7-9-17(10-8-16)29(26,27)24-13-11-23(2)12-14-24/h3-10H,11-14H2,1-2H3,(H,22,25). The fourth-order valence-electron chi connectivity index (χ4n) is 3.47. The molecule has 2 heterocycles. The normalized spacial score (nSPS) is 16.2. The van der Waals surface area contributed by atoms with Gasteiger partial charge >= 0.3 is 0 Å². The molecule has 2 aromatic carbocycles. The van der Waals surface area contributed by atoms with Gasteiger partial charge in [-0.25, -0.2) is 8.42 Å². The van der Waals surface area contributed by atoms with E-state index in [-0.39, 0.29) is 16.6 Å². The zero-order valence-electron chi connectivity index (χ0n) is 16.4. The van der Waals surface area contributed by atoms with Crippen molar-refractivity contribution in [3.8, 4) is 0 Å². The van der Waals surface area contributed by atoms with Gasteiger partial charge in [0.2, 0.25) is 10.0 Å². The number of carbonyl (C=O) groups is 1. The number of piperazine rings is 1. The number of hydrogen-bond acceptors (Lipinski definition) is 5. The summed E-state index contributed by atoms with van der Waals surface area (Å²) in [6, 6.07) is 13.7. The van der Waals surface area contributed by atoms with Crippen LogP contribution < -0.4 is 5.32 Å². The van der Waals surface area contributed by atoms with Gasteiger partial charge in [0.1, 0.15) is 5.58 Å². The highest BCUT2D eigenvalue weighted by atomic mass is 32.2. The number of para-hydroxylation sites is 1. The molecule has 29 heavy (non-hydrogen) atoms. The molecule has 4 rings (SSSR count). The number of hydrogen-bond donors (Lipinski definition) is 1. The van der Waals surface area contributed by atoms with Crippen LogP contribution in [0.15, 0.2) is 57.8 Å². The maximum Gasteiger partial charge on any atom is 0.291 e. The van der Waals surface area contributed by atoms with Crippen molar-refractivity contribution >= 4 is 32.6 Å². The molecule has 1 N–H and O–H groups in total. The van der Waals surface area contributed by atoms with Gasteiger partial charge < -0.3 is 14.6 Å². The van der Waals surface area contributed by atoms with E-state index in [9.17, 15) is 13.2 Å². The zero-order chi connectivity index (χ0) is 20.6. The van der Waals surface area contributed by atoms with Crippen LogP contribution in [0.4, 0.5) is 5.69 Å². The third-order valence-corrected chi connectivity index (χ3v) is 7.17. The molecule has 0 radical (unpaired) electrons. The molecule has 3 aromatic rings. The monoisotopic (exact) mass is 413 g/mol. The first-order chi connectivity index (χ1) is 13.9. The Morgan fingerprint density at radius 1 is 1.00 bits per heavy atom. The van der Waals surface area contributed by atoms with Crippen LogP contribution in [0, 0.1) is 6.92 Å². The van der Waals surface area contributed by atoms with E-state index in [2.05, 4.69) is 10.2 Å². The molecular formula is C21H23N3O4S. The van der Waals surface area contributed by atoms with Gasteiger partial charge in [0.05, 0.1) is 4.90 Å².